The molecule has 0 spiro atoms. The highest BCUT2D eigenvalue weighted by Crippen LogP contribution is 2.31. The highest BCUT2D eigenvalue weighted by atomic mass is 19.4. The van der Waals surface area contributed by atoms with Gasteiger partial charge in [0.2, 0.25) is 0 Å². The number of ether oxygens (including phenoxy) is 1. The van der Waals surface area contributed by atoms with Crippen LogP contribution >= 0.6 is 0 Å². The van der Waals surface area contributed by atoms with E-state index in [0.717, 1.165) is 0 Å². The minimum atomic E-state index is -4.53. The van der Waals surface area contributed by atoms with Gasteiger partial charge in [0.15, 0.2) is 11.4 Å². The monoisotopic (exact) mass is 234 g/mol. The van der Waals surface area contributed by atoms with Gasteiger partial charge in [-0.25, -0.2) is 4.98 Å². The maximum absolute atomic E-state index is 12.3. The summed E-state index contributed by atoms with van der Waals surface area (Å²) in [6.45, 7) is 1.69. The van der Waals surface area contributed by atoms with Gasteiger partial charge in [-0.3, -0.25) is 4.79 Å². The lowest BCUT2D eigenvalue weighted by molar-refractivity contribution is -0.138. The molecule has 1 aromatic rings. The Hall–Kier alpha value is -1.79. The molecule has 0 aliphatic rings. The Labute approximate surface area is 89.2 Å². The lowest BCUT2D eigenvalue weighted by Crippen LogP contribution is -2.17. The van der Waals surface area contributed by atoms with Crippen LogP contribution in [-0.4, -0.2) is 17.5 Å². The molecule has 0 unspecified atom stereocenters. The molecule has 0 aliphatic carbocycles. The van der Waals surface area contributed by atoms with E-state index < -0.39 is 17.6 Å². The third-order valence-corrected chi connectivity index (χ3v) is 1.71. The van der Waals surface area contributed by atoms with Gasteiger partial charge in [-0.15, -0.1) is 0 Å². The molecule has 0 bridgehead atoms. The molecule has 1 aromatic heterocycles. The second kappa shape index (κ2) is 4.38. The topological polar surface area (TPSA) is 65.2 Å². The van der Waals surface area contributed by atoms with Gasteiger partial charge in [-0.2, -0.15) is 13.2 Å². The van der Waals surface area contributed by atoms with E-state index in [9.17, 15) is 18.0 Å². The van der Waals surface area contributed by atoms with E-state index in [0.29, 0.717) is 12.3 Å². The summed E-state index contributed by atoms with van der Waals surface area (Å²) >= 11 is 0. The standard InChI is InChI=1S/C9H9F3N2O2/c1-2-16-6-3-5(9(10,11)12)4-14-7(6)8(13)15/h3-4H,2H2,1H3,(H2,13,15). The number of carbonyl (C=O) groups excluding carboxylic acids is 1. The Kier molecular flexibility index (Phi) is 3.36. The van der Waals surface area contributed by atoms with Crippen molar-refractivity contribution in [1.29, 1.82) is 0 Å². The van der Waals surface area contributed by atoms with Gasteiger partial charge in [0, 0.05) is 6.20 Å². The summed E-state index contributed by atoms with van der Waals surface area (Å²) in [6, 6.07) is 0.705. The Morgan fingerprint density at radius 3 is 2.62 bits per heavy atom. The summed E-state index contributed by atoms with van der Waals surface area (Å²) in [7, 11) is 0. The molecule has 7 heteroatoms. The second-order valence-corrected chi connectivity index (χ2v) is 2.87. The number of aromatic nitrogens is 1. The van der Waals surface area contributed by atoms with Crippen molar-refractivity contribution in [2.45, 2.75) is 13.1 Å². The van der Waals surface area contributed by atoms with Crippen molar-refractivity contribution in [3.05, 3.63) is 23.5 Å². The number of primary amides is 1. The third kappa shape index (κ3) is 2.62. The molecular formula is C9H9F3N2O2. The summed E-state index contributed by atoms with van der Waals surface area (Å²) in [6.07, 6.45) is -3.99. The molecule has 0 fully saturated rings. The van der Waals surface area contributed by atoms with E-state index in [1.54, 1.807) is 6.92 Å². The SMILES string of the molecule is CCOc1cc(C(F)(F)F)cnc1C(N)=O. The van der Waals surface area contributed by atoms with Crippen LogP contribution in [0.5, 0.6) is 5.75 Å². The van der Waals surface area contributed by atoms with Crippen molar-refractivity contribution in [2.75, 3.05) is 6.61 Å². The average molecular weight is 234 g/mol. The van der Waals surface area contributed by atoms with Crippen LogP contribution in [0.1, 0.15) is 23.0 Å². The van der Waals surface area contributed by atoms with E-state index in [2.05, 4.69) is 4.98 Å². The number of carbonyl (C=O) groups is 1. The first kappa shape index (κ1) is 12.3. The number of rotatable bonds is 3. The minimum absolute atomic E-state index is 0.114. The molecule has 0 aliphatic heterocycles. The third-order valence-electron chi connectivity index (χ3n) is 1.71. The van der Waals surface area contributed by atoms with E-state index >= 15 is 0 Å². The van der Waals surface area contributed by atoms with Crippen LogP contribution in [0.2, 0.25) is 0 Å². The summed E-state index contributed by atoms with van der Waals surface area (Å²) in [5, 5.41) is 0. The molecule has 1 heterocycles. The fourth-order valence-electron chi connectivity index (χ4n) is 1.05. The van der Waals surface area contributed by atoms with Crippen molar-refractivity contribution in [3.8, 4) is 5.75 Å². The lowest BCUT2D eigenvalue weighted by atomic mass is 10.2. The fraction of sp³-hybridized carbons (Fsp3) is 0.333. The summed E-state index contributed by atoms with van der Waals surface area (Å²) in [4.78, 5) is 14.2. The highest BCUT2D eigenvalue weighted by Gasteiger charge is 2.32. The van der Waals surface area contributed by atoms with Crippen molar-refractivity contribution >= 4 is 5.91 Å². The lowest BCUT2D eigenvalue weighted by Gasteiger charge is -2.11. The zero-order chi connectivity index (χ0) is 12.3. The Morgan fingerprint density at radius 1 is 1.56 bits per heavy atom. The first-order valence-electron chi connectivity index (χ1n) is 4.36. The van der Waals surface area contributed by atoms with Gasteiger partial charge in [0.05, 0.1) is 12.2 Å². The first-order valence-corrected chi connectivity index (χ1v) is 4.36. The molecule has 0 aromatic carbocycles. The molecule has 0 saturated carbocycles. The Bertz CT molecular complexity index is 404. The predicted octanol–water partition coefficient (Wildman–Crippen LogP) is 1.60. The summed E-state index contributed by atoms with van der Waals surface area (Å²) < 4.78 is 41.9. The predicted molar refractivity (Wildman–Crippen MR) is 48.9 cm³/mol. The van der Waals surface area contributed by atoms with E-state index in [-0.39, 0.29) is 18.1 Å². The molecule has 4 nitrogen and oxygen atoms in total. The number of nitrogens with two attached hydrogens (primary N) is 1. The maximum atomic E-state index is 12.3. The number of amides is 1. The number of pyridine rings is 1. The molecule has 88 valence electrons. The number of halogens is 3. The van der Waals surface area contributed by atoms with Crippen LogP contribution < -0.4 is 10.5 Å². The largest absolute Gasteiger partial charge is 0.491 e. The normalized spacial score (nSPS) is 11.2. The van der Waals surface area contributed by atoms with Crippen LogP contribution in [0.4, 0.5) is 13.2 Å². The van der Waals surface area contributed by atoms with Gasteiger partial charge in [0.1, 0.15) is 0 Å². The second-order valence-electron chi connectivity index (χ2n) is 2.87. The molecule has 0 saturated heterocycles. The van der Waals surface area contributed by atoms with Crippen molar-refractivity contribution in [3.63, 3.8) is 0 Å². The van der Waals surface area contributed by atoms with Gasteiger partial charge < -0.3 is 10.5 Å². The Balaban J connectivity index is 3.22. The van der Waals surface area contributed by atoms with E-state index in [1.165, 1.54) is 0 Å². The zero-order valence-electron chi connectivity index (χ0n) is 8.34. The average Bonchev–Trinajstić information content (AvgIpc) is 2.16. The van der Waals surface area contributed by atoms with E-state index in [4.69, 9.17) is 10.5 Å². The quantitative estimate of drug-likeness (QED) is 0.863. The number of nitrogens with zero attached hydrogens (tertiary/aromatic N) is 1. The Morgan fingerprint density at radius 2 is 2.19 bits per heavy atom. The zero-order valence-corrected chi connectivity index (χ0v) is 8.34. The number of alkyl halides is 3. The maximum Gasteiger partial charge on any atom is 0.418 e. The summed E-state index contributed by atoms with van der Waals surface area (Å²) in [5.41, 5.74) is 3.65. The molecule has 1 amide bonds. The van der Waals surface area contributed by atoms with Crippen molar-refractivity contribution in [1.82, 2.24) is 4.98 Å². The van der Waals surface area contributed by atoms with E-state index in [1.807, 2.05) is 0 Å². The van der Waals surface area contributed by atoms with Crippen molar-refractivity contribution < 1.29 is 22.7 Å². The smallest absolute Gasteiger partial charge is 0.418 e. The molecule has 0 radical (unpaired) electrons. The molecule has 16 heavy (non-hydrogen) atoms. The van der Waals surface area contributed by atoms with Gasteiger partial charge in [-0.05, 0) is 13.0 Å². The molecular weight excluding hydrogens is 225 g/mol. The highest BCUT2D eigenvalue weighted by molar-refractivity contribution is 5.93. The van der Waals surface area contributed by atoms with Gasteiger partial charge >= 0.3 is 6.18 Å². The van der Waals surface area contributed by atoms with Crippen LogP contribution in [0.25, 0.3) is 0 Å². The van der Waals surface area contributed by atoms with Crippen LogP contribution in [0.15, 0.2) is 12.3 Å². The summed E-state index contributed by atoms with van der Waals surface area (Å²) in [5.74, 6) is -1.19. The first-order chi connectivity index (χ1) is 7.36. The molecule has 2 N–H and O–H groups in total. The number of hydrogen-bond acceptors (Lipinski definition) is 3. The van der Waals surface area contributed by atoms with Crippen LogP contribution in [0.3, 0.4) is 0 Å². The van der Waals surface area contributed by atoms with Crippen molar-refractivity contribution in [2.24, 2.45) is 5.73 Å². The fourth-order valence-corrected chi connectivity index (χ4v) is 1.05. The van der Waals surface area contributed by atoms with Crippen LogP contribution in [-0.2, 0) is 6.18 Å². The molecule has 1 rings (SSSR count). The van der Waals surface area contributed by atoms with Gasteiger partial charge in [-0.1, -0.05) is 0 Å². The van der Waals surface area contributed by atoms with Crippen LogP contribution in [0, 0.1) is 0 Å². The van der Waals surface area contributed by atoms with Gasteiger partial charge in [0.25, 0.3) is 5.91 Å². The number of hydrogen-bond donors (Lipinski definition) is 1. The molecule has 0 atom stereocenters. The minimum Gasteiger partial charge on any atom is -0.491 e.